The van der Waals surface area contributed by atoms with Crippen LogP contribution in [-0.4, -0.2) is 33.2 Å². The van der Waals surface area contributed by atoms with Gasteiger partial charge in [0.2, 0.25) is 0 Å². The Morgan fingerprint density at radius 3 is 2.48 bits per heavy atom. The van der Waals surface area contributed by atoms with Crippen LogP contribution < -0.4 is 0 Å². The molecule has 4 saturated carbocycles. The van der Waals surface area contributed by atoms with Crippen LogP contribution in [0.1, 0.15) is 71.6 Å². The van der Waals surface area contributed by atoms with E-state index in [1.54, 1.807) is 0 Å². The van der Waals surface area contributed by atoms with Crippen molar-refractivity contribution in [3.05, 3.63) is 0 Å². The van der Waals surface area contributed by atoms with Crippen LogP contribution in [0, 0.1) is 46.3 Å². The second-order valence-corrected chi connectivity index (χ2v) is 10.7. The molecule has 8 atom stereocenters. The van der Waals surface area contributed by atoms with E-state index in [0.717, 1.165) is 49.2 Å². The number of methoxy groups -OCH3 is 2. The van der Waals surface area contributed by atoms with E-state index in [1.165, 1.54) is 51.4 Å². The highest BCUT2D eigenvalue weighted by Gasteiger charge is 2.62. The van der Waals surface area contributed by atoms with Gasteiger partial charge in [0.25, 0.3) is 0 Å². The maximum absolute atomic E-state index is 12.3. The molecule has 4 rings (SSSR count). The van der Waals surface area contributed by atoms with Crippen molar-refractivity contribution in [1.29, 1.82) is 0 Å². The van der Waals surface area contributed by atoms with Gasteiger partial charge in [0.1, 0.15) is 5.78 Å². The Kier molecular flexibility index (Phi) is 5.48. The Bertz CT molecular complexity index is 560. The molecule has 4 aliphatic rings. The van der Waals surface area contributed by atoms with E-state index in [1.807, 2.05) is 21.1 Å². The van der Waals surface area contributed by atoms with Crippen molar-refractivity contribution in [2.24, 2.45) is 46.3 Å². The Balaban J connectivity index is 1.60. The lowest BCUT2D eigenvalue weighted by atomic mass is 9.44. The van der Waals surface area contributed by atoms with E-state index in [-0.39, 0.29) is 5.41 Å². The summed E-state index contributed by atoms with van der Waals surface area (Å²) in [5.41, 5.74) is 0.652. The summed E-state index contributed by atoms with van der Waals surface area (Å²) in [6, 6.07) is 0. The number of ketones is 1. The van der Waals surface area contributed by atoms with Crippen LogP contribution in [0.2, 0.25) is 0 Å². The lowest BCUT2D eigenvalue weighted by Gasteiger charge is -2.62. The Hall–Kier alpha value is -0.410. The topological polar surface area (TPSA) is 35.5 Å². The first-order valence-electron chi connectivity index (χ1n) is 11.4. The van der Waals surface area contributed by atoms with Gasteiger partial charge >= 0.3 is 0 Å². The lowest BCUT2D eigenvalue weighted by Crippen LogP contribution is -2.56. The highest BCUT2D eigenvalue weighted by Crippen LogP contribution is 2.68. The zero-order chi connectivity index (χ0) is 19.2. The SMILES string of the molecule is COCC1CCC2(COC)C(CCC3C4CCC(C(C)=O)C4(C)CCC32)C1. The maximum atomic E-state index is 12.3. The van der Waals surface area contributed by atoms with Gasteiger partial charge < -0.3 is 9.47 Å². The molecule has 4 aliphatic carbocycles. The summed E-state index contributed by atoms with van der Waals surface area (Å²) in [5, 5.41) is 0. The summed E-state index contributed by atoms with van der Waals surface area (Å²) in [4.78, 5) is 12.3. The first-order chi connectivity index (χ1) is 13.0. The van der Waals surface area contributed by atoms with Gasteiger partial charge in [0, 0.05) is 26.7 Å². The summed E-state index contributed by atoms with van der Waals surface area (Å²) in [7, 11) is 3.76. The van der Waals surface area contributed by atoms with Crippen molar-refractivity contribution in [3.8, 4) is 0 Å². The molecule has 0 saturated heterocycles. The number of carbonyl (C=O) groups is 1. The summed E-state index contributed by atoms with van der Waals surface area (Å²) < 4.78 is 11.4. The van der Waals surface area contributed by atoms with Crippen LogP contribution in [0.5, 0.6) is 0 Å². The quantitative estimate of drug-likeness (QED) is 0.668. The zero-order valence-electron chi connectivity index (χ0n) is 18.0. The van der Waals surface area contributed by atoms with Crippen LogP contribution in [0.25, 0.3) is 0 Å². The van der Waals surface area contributed by atoms with Gasteiger partial charge in [-0.25, -0.2) is 0 Å². The zero-order valence-corrected chi connectivity index (χ0v) is 18.0. The molecule has 8 unspecified atom stereocenters. The number of ether oxygens (including phenoxy) is 2. The first kappa shape index (κ1) is 19.9. The summed E-state index contributed by atoms with van der Waals surface area (Å²) >= 11 is 0. The molecule has 0 spiro atoms. The van der Waals surface area contributed by atoms with Crippen molar-refractivity contribution < 1.29 is 14.3 Å². The number of hydrogen-bond donors (Lipinski definition) is 0. The fourth-order valence-corrected chi connectivity index (χ4v) is 8.74. The lowest BCUT2D eigenvalue weighted by molar-refractivity contribution is -0.156. The van der Waals surface area contributed by atoms with Gasteiger partial charge in [-0.3, -0.25) is 4.79 Å². The van der Waals surface area contributed by atoms with E-state index in [0.29, 0.717) is 17.1 Å². The predicted molar refractivity (Wildman–Crippen MR) is 107 cm³/mol. The molecular formula is C24H40O3. The Morgan fingerprint density at radius 2 is 1.78 bits per heavy atom. The molecule has 0 aromatic heterocycles. The number of carbonyl (C=O) groups excluding carboxylic acids is 1. The third kappa shape index (κ3) is 3.03. The molecule has 3 heteroatoms. The predicted octanol–water partition coefficient (Wildman–Crippen LogP) is 5.12. The van der Waals surface area contributed by atoms with Gasteiger partial charge in [-0.15, -0.1) is 0 Å². The van der Waals surface area contributed by atoms with Crippen LogP contribution in [-0.2, 0) is 14.3 Å². The average molecular weight is 377 g/mol. The molecule has 27 heavy (non-hydrogen) atoms. The molecular weight excluding hydrogens is 336 g/mol. The van der Waals surface area contributed by atoms with Gasteiger partial charge in [-0.2, -0.15) is 0 Å². The third-order valence-corrected chi connectivity index (χ3v) is 9.78. The average Bonchev–Trinajstić information content (AvgIpc) is 3.00. The second-order valence-electron chi connectivity index (χ2n) is 10.7. The standard InChI is InChI=1S/C24H40O3/c1-16(25)20-7-8-21-19-6-5-18-13-17(14-26-3)9-12-24(18,15-27-4)22(19)10-11-23(20,21)2/h17-22H,5-15H2,1-4H3. The van der Waals surface area contributed by atoms with Crippen LogP contribution >= 0.6 is 0 Å². The summed E-state index contributed by atoms with van der Waals surface area (Å²) in [6.07, 6.45) is 11.7. The third-order valence-electron chi connectivity index (χ3n) is 9.78. The van der Waals surface area contributed by atoms with Gasteiger partial charge in [-0.05, 0) is 105 Å². The van der Waals surface area contributed by atoms with E-state index in [2.05, 4.69) is 6.92 Å². The maximum Gasteiger partial charge on any atom is 0.133 e. The normalized spacial score (nSPS) is 49.2. The molecule has 3 nitrogen and oxygen atoms in total. The number of fused-ring (bicyclic) bond motifs is 5. The van der Waals surface area contributed by atoms with Crippen LogP contribution in [0.4, 0.5) is 0 Å². The van der Waals surface area contributed by atoms with Crippen LogP contribution in [0.15, 0.2) is 0 Å². The second kappa shape index (κ2) is 7.44. The Morgan fingerprint density at radius 1 is 0.963 bits per heavy atom. The molecule has 154 valence electrons. The first-order valence-corrected chi connectivity index (χ1v) is 11.4. The highest BCUT2D eigenvalue weighted by molar-refractivity contribution is 5.79. The van der Waals surface area contributed by atoms with E-state index in [9.17, 15) is 4.79 Å². The molecule has 0 aromatic carbocycles. The van der Waals surface area contributed by atoms with E-state index in [4.69, 9.17) is 9.47 Å². The number of rotatable bonds is 5. The number of hydrogen-bond acceptors (Lipinski definition) is 3. The molecule has 0 heterocycles. The minimum Gasteiger partial charge on any atom is -0.384 e. The minimum absolute atomic E-state index is 0.265. The van der Waals surface area contributed by atoms with E-state index < -0.39 is 0 Å². The summed E-state index contributed by atoms with van der Waals surface area (Å²) in [5.74, 6) is 4.69. The number of Topliss-reactive ketones (excluding diaryl/α,β-unsaturated/α-hetero) is 1. The van der Waals surface area contributed by atoms with Crippen molar-refractivity contribution in [2.75, 3.05) is 27.4 Å². The van der Waals surface area contributed by atoms with Gasteiger partial charge in [-0.1, -0.05) is 6.92 Å². The van der Waals surface area contributed by atoms with Crippen molar-refractivity contribution >= 4 is 5.78 Å². The summed E-state index contributed by atoms with van der Waals surface area (Å²) in [6.45, 7) is 6.16. The van der Waals surface area contributed by atoms with Gasteiger partial charge in [0.05, 0.1) is 6.61 Å². The molecule has 0 amide bonds. The van der Waals surface area contributed by atoms with E-state index >= 15 is 0 Å². The molecule has 0 bridgehead atoms. The monoisotopic (exact) mass is 376 g/mol. The fraction of sp³-hybridized carbons (Fsp3) is 0.958. The van der Waals surface area contributed by atoms with Crippen molar-refractivity contribution in [1.82, 2.24) is 0 Å². The highest BCUT2D eigenvalue weighted by atomic mass is 16.5. The Labute approximate surface area is 165 Å². The van der Waals surface area contributed by atoms with Gasteiger partial charge in [0.15, 0.2) is 0 Å². The molecule has 0 aliphatic heterocycles. The largest absolute Gasteiger partial charge is 0.384 e. The van der Waals surface area contributed by atoms with Crippen LogP contribution in [0.3, 0.4) is 0 Å². The van der Waals surface area contributed by atoms with Crippen molar-refractivity contribution in [3.63, 3.8) is 0 Å². The molecule has 0 N–H and O–H groups in total. The molecule has 4 fully saturated rings. The van der Waals surface area contributed by atoms with Crippen molar-refractivity contribution in [2.45, 2.75) is 71.6 Å². The fourth-order valence-electron chi connectivity index (χ4n) is 8.74. The molecule has 0 radical (unpaired) electrons. The molecule has 0 aromatic rings. The smallest absolute Gasteiger partial charge is 0.133 e. The minimum atomic E-state index is 0.265.